The second-order valence-electron chi connectivity index (χ2n) is 6.20. The monoisotopic (exact) mass is 320 g/mol. The molecule has 1 aliphatic heterocycles. The predicted molar refractivity (Wildman–Crippen MR) is 92.8 cm³/mol. The third-order valence-electron chi connectivity index (χ3n) is 4.57. The van der Waals surface area contributed by atoms with Crippen LogP contribution in [0.15, 0.2) is 42.9 Å². The number of rotatable bonds is 3. The minimum Gasteiger partial charge on any atom is -0.341 e. The molecule has 1 N–H and O–H groups in total. The Morgan fingerprint density at radius 1 is 1.08 bits per heavy atom. The van der Waals surface area contributed by atoms with Crippen LogP contribution in [0.2, 0.25) is 0 Å². The number of aromatic nitrogens is 5. The topological polar surface area (TPSA) is 70.6 Å². The van der Waals surface area contributed by atoms with Crippen molar-refractivity contribution in [3.05, 3.63) is 54.2 Å². The average molecular weight is 320 g/mol. The minimum atomic E-state index is 0.508. The van der Waals surface area contributed by atoms with E-state index in [4.69, 9.17) is 0 Å². The standard InChI is InChI=1S/C18H20N6/c1-13-2-9-20-18(21-13)24-10-5-15(6-11-24)17-12-16(22-23-17)14-3-7-19-8-4-14/h2-4,7-9,12,15H,5-6,10-11H2,1H3,(H,22,23). The van der Waals surface area contributed by atoms with Crippen LogP contribution in [0.1, 0.15) is 30.1 Å². The van der Waals surface area contributed by atoms with Crippen LogP contribution in [0.4, 0.5) is 5.95 Å². The highest BCUT2D eigenvalue weighted by Gasteiger charge is 2.23. The Bertz CT molecular complexity index is 805. The maximum atomic E-state index is 4.53. The van der Waals surface area contributed by atoms with Crippen LogP contribution in [-0.2, 0) is 0 Å². The van der Waals surface area contributed by atoms with E-state index in [2.05, 4.69) is 36.1 Å². The number of hydrogen-bond acceptors (Lipinski definition) is 5. The number of piperidine rings is 1. The molecule has 122 valence electrons. The molecular weight excluding hydrogens is 300 g/mol. The van der Waals surface area contributed by atoms with Crippen molar-refractivity contribution in [1.82, 2.24) is 25.1 Å². The van der Waals surface area contributed by atoms with Gasteiger partial charge in [-0.1, -0.05) is 0 Å². The van der Waals surface area contributed by atoms with Gasteiger partial charge in [0.2, 0.25) is 5.95 Å². The second-order valence-corrected chi connectivity index (χ2v) is 6.20. The lowest BCUT2D eigenvalue weighted by atomic mass is 9.93. The maximum absolute atomic E-state index is 4.53. The predicted octanol–water partition coefficient (Wildman–Crippen LogP) is 2.95. The molecule has 0 aliphatic carbocycles. The summed E-state index contributed by atoms with van der Waals surface area (Å²) in [4.78, 5) is 15.2. The van der Waals surface area contributed by atoms with E-state index < -0.39 is 0 Å². The number of nitrogens with one attached hydrogen (secondary N) is 1. The first-order valence-corrected chi connectivity index (χ1v) is 8.30. The molecule has 0 amide bonds. The number of hydrogen-bond donors (Lipinski definition) is 1. The molecule has 0 spiro atoms. The van der Waals surface area contributed by atoms with Crippen molar-refractivity contribution in [2.24, 2.45) is 0 Å². The lowest BCUT2D eigenvalue weighted by Gasteiger charge is -2.31. The highest BCUT2D eigenvalue weighted by Crippen LogP contribution is 2.30. The fourth-order valence-corrected chi connectivity index (χ4v) is 3.19. The highest BCUT2D eigenvalue weighted by molar-refractivity contribution is 5.58. The van der Waals surface area contributed by atoms with Crippen molar-refractivity contribution < 1.29 is 0 Å². The van der Waals surface area contributed by atoms with Crippen LogP contribution in [0.25, 0.3) is 11.3 Å². The Kier molecular flexibility index (Phi) is 3.94. The van der Waals surface area contributed by atoms with Gasteiger partial charge in [-0.3, -0.25) is 10.1 Å². The van der Waals surface area contributed by atoms with Crippen molar-refractivity contribution in [2.45, 2.75) is 25.7 Å². The molecule has 24 heavy (non-hydrogen) atoms. The van der Waals surface area contributed by atoms with Gasteiger partial charge in [0.15, 0.2) is 0 Å². The van der Waals surface area contributed by atoms with Crippen LogP contribution in [-0.4, -0.2) is 38.2 Å². The molecule has 4 rings (SSSR count). The molecule has 4 heterocycles. The summed E-state index contributed by atoms with van der Waals surface area (Å²) >= 11 is 0. The largest absolute Gasteiger partial charge is 0.341 e. The smallest absolute Gasteiger partial charge is 0.225 e. The Hall–Kier alpha value is -2.76. The molecular formula is C18H20N6. The Morgan fingerprint density at radius 3 is 2.62 bits per heavy atom. The van der Waals surface area contributed by atoms with Crippen molar-refractivity contribution in [2.75, 3.05) is 18.0 Å². The van der Waals surface area contributed by atoms with E-state index in [0.717, 1.165) is 48.8 Å². The molecule has 0 unspecified atom stereocenters. The zero-order valence-corrected chi connectivity index (χ0v) is 13.7. The van der Waals surface area contributed by atoms with Gasteiger partial charge in [-0.05, 0) is 44.0 Å². The summed E-state index contributed by atoms with van der Waals surface area (Å²) in [5, 5.41) is 7.68. The van der Waals surface area contributed by atoms with Gasteiger partial charge in [0, 0.05) is 54.5 Å². The van der Waals surface area contributed by atoms with Gasteiger partial charge in [0.1, 0.15) is 0 Å². The zero-order chi connectivity index (χ0) is 16.4. The molecule has 0 bridgehead atoms. The quantitative estimate of drug-likeness (QED) is 0.803. The number of aromatic amines is 1. The van der Waals surface area contributed by atoms with Crippen LogP contribution in [0.5, 0.6) is 0 Å². The van der Waals surface area contributed by atoms with Crippen LogP contribution in [0.3, 0.4) is 0 Å². The second kappa shape index (κ2) is 6.39. The summed E-state index contributed by atoms with van der Waals surface area (Å²) < 4.78 is 0. The molecule has 0 radical (unpaired) electrons. The molecule has 3 aromatic heterocycles. The van der Waals surface area contributed by atoms with E-state index in [-0.39, 0.29) is 0 Å². The first-order valence-electron chi connectivity index (χ1n) is 8.30. The normalized spacial score (nSPS) is 15.6. The fourth-order valence-electron chi connectivity index (χ4n) is 3.19. The van der Waals surface area contributed by atoms with Crippen molar-refractivity contribution in [1.29, 1.82) is 0 Å². The van der Waals surface area contributed by atoms with Gasteiger partial charge in [-0.2, -0.15) is 5.10 Å². The van der Waals surface area contributed by atoms with E-state index in [9.17, 15) is 0 Å². The first-order chi connectivity index (χ1) is 11.8. The Morgan fingerprint density at radius 2 is 1.88 bits per heavy atom. The molecule has 1 fully saturated rings. The van der Waals surface area contributed by atoms with E-state index >= 15 is 0 Å². The first kappa shape index (κ1) is 14.8. The van der Waals surface area contributed by atoms with E-state index in [0.29, 0.717) is 5.92 Å². The SMILES string of the molecule is Cc1ccnc(N2CCC(c3cc(-c4ccncc4)n[nH]3)CC2)n1. The van der Waals surface area contributed by atoms with Gasteiger partial charge < -0.3 is 4.90 Å². The number of pyridine rings is 1. The van der Waals surface area contributed by atoms with Gasteiger partial charge in [-0.25, -0.2) is 9.97 Å². The molecule has 6 nitrogen and oxygen atoms in total. The van der Waals surface area contributed by atoms with Crippen molar-refractivity contribution in [3.8, 4) is 11.3 Å². The Labute approximate surface area is 141 Å². The minimum absolute atomic E-state index is 0.508. The molecule has 0 aromatic carbocycles. The van der Waals surface area contributed by atoms with E-state index in [1.165, 1.54) is 5.69 Å². The van der Waals surface area contributed by atoms with Gasteiger partial charge in [0.25, 0.3) is 0 Å². The van der Waals surface area contributed by atoms with Gasteiger partial charge in [-0.15, -0.1) is 0 Å². The van der Waals surface area contributed by atoms with Gasteiger partial charge >= 0.3 is 0 Å². The Balaban J connectivity index is 1.44. The number of anilines is 1. The summed E-state index contributed by atoms with van der Waals surface area (Å²) in [5.41, 5.74) is 4.30. The molecule has 1 saturated heterocycles. The molecule has 6 heteroatoms. The van der Waals surface area contributed by atoms with Crippen LogP contribution < -0.4 is 4.90 Å². The average Bonchev–Trinajstić information content (AvgIpc) is 3.13. The van der Waals surface area contributed by atoms with Crippen LogP contribution >= 0.6 is 0 Å². The van der Waals surface area contributed by atoms with Crippen molar-refractivity contribution >= 4 is 5.95 Å². The zero-order valence-electron chi connectivity index (χ0n) is 13.7. The number of aryl methyl sites for hydroxylation is 1. The molecule has 0 saturated carbocycles. The lowest BCUT2D eigenvalue weighted by Crippen LogP contribution is -2.34. The summed E-state index contributed by atoms with van der Waals surface area (Å²) in [6.45, 7) is 3.94. The fraction of sp³-hybridized carbons (Fsp3) is 0.333. The summed E-state index contributed by atoms with van der Waals surface area (Å²) in [5.74, 6) is 1.35. The number of H-pyrrole nitrogens is 1. The molecule has 0 atom stereocenters. The number of nitrogens with zero attached hydrogens (tertiary/aromatic N) is 5. The third-order valence-corrected chi connectivity index (χ3v) is 4.57. The van der Waals surface area contributed by atoms with Gasteiger partial charge in [0.05, 0.1) is 5.69 Å². The third kappa shape index (κ3) is 2.99. The van der Waals surface area contributed by atoms with Crippen molar-refractivity contribution in [3.63, 3.8) is 0 Å². The molecule has 1 aliphatic rings. The summed E-state index contributed by atoms with van der Waals surface area (Å²) in [6, 6.07) is 8.07. The maximum Gasteiger partial charge on any atom is 0.225 e. The summed E-state index contributed by atoms with van der Waals surface area (Å²) in [7, 11) is 0. The van der Waals surface area contributed by atoms with E-state index in [1.54, 1.807) is 12.4 Å². The van der Waals surface area contributed by atoms with E-state index in [1.807, 2.05) is 31.3 Å². The highest BCUT2D eigenvalue weighted by atomic mass is 15.3. The lowest BCUT2D eigenvalue weighted by molar-refractivity contribution is 0.490. The van der Waals surface area contributed by atoms with Crippen LogP contribution in [0, 0.1) is 6.92 Å². The molecule has 3 aromatic rings. The summed E-state index contributed by atoms with van der Waals surface area (Å²) in [6.07, 6.45) is 7.58.